The van der Waals surface area contributed by atoms with E-state index < -0.39 is 10.0 Å². The van der Waals surface area contributed by atoms with E-state index in [9.17, 15) is 8.42 Å². The van der Waals surface area contributed by atoms with Crippen LogP contribution in [0.2, 0.25) is 0 Å². The molecule has 0 aliphatic heterocycles. The number of hydrogen-bond donors (Lipinski definition) is 2. The van der Waals surface area contributed by atoms with Crippen LogP contribution in [0.3, 0.4) is 0 Å². The van der Waals surface area contributed by atoms with Crippen molar-refractivity contribution in [2.24, 2.45) is 0 Å². The number of aliphatic hydroxyl groups excluding tert-OH is 1. The molecule has 1 aromatic rings. The van der Waals surface area contributed by atoms with E-state index in [4.69, 9.17) is 5.11 Å². The zero-order valence-electron chi connectivity index (χ0n) is 10.2. The van der Waals surface area contributed by atoms with Gasteiger partial charge in [0.05, 0.1) is 11.5 Å². The van der Waals surface area contributed by atoms with Crippen molar-refractivity contribution in [3.05, 3.63) is 24.3 Å². The first-order chi connectivity index (χ1) is 7.87. The molecule has 17 heavy (non-hydrogen) atoms. The quantitative estimate of drug-likeness (QED) is 0.817. The molecular formula is C11H18N2O3S. The fraction of sp³-hybridized carbons (Fsp3) is 0.455. The molecule has 0 aliphatic carbocycles. The smallest absolute Gasteiger partial charge is 0.242 e. The average molecular weight is 258 g/mol. The number of anilines is 1. The standard InChI is InChI=1S/C11H18N2O3S/c1-9(8-14)12-10-4-6-11(7-5-10)17(15,16)13(2)3/h4-7,9,12,14H,8H2,1-3H3. The number of nitrogens with one attached hydrogen (secondary N) is 1. The van der Waals surface area contributed by atoms with Gasteiger partial charge in [0.25, 0.3) is 0 Å². The predicted octanol–water partition coefficient (Wildman–Crippen LogP) is 0.730. The van der Waals surface area contributed by atoms with Gasteiger partial charge < -0.3 is 10.4 Å². The van der Waals surface area contributed by atoms with Crippen LogP contribution in [0.25, 0.3) is 0 Å². The molecule has 5 nitrogen and oxygen atoms in total. The maximum atomic E-state index is 11.8. The fourth-order valence-electron chi connectivity index (χ4n) is 1.26. The van der Waals surface area contributed by atoms with Crippen molar-refractivity contribution >= 4 is 15.7 Å². The molecule has 0 saturated heterocycles. The van der Waals surface area contributed by atoms with E-state index in [-0.39, 0.29) is 17.5 Å². The van der Waals surface area contributed by atoms with Crippen molar-refractivity contribution in [3.63, 3.8) is 0 Å². The van der Waals surface area contributed by atoms with Gasteiger partial charge in [0.2, 0.25) is 10.0 Å². The minimum absolute atomic E-state index is 0.0255. The van der Waals surface area contributed by atoms with Crippen LogP contribution in [0.4, 0.5) is 5.69 Å². The van der Waals surface area contributed by atoms with Crippen LogP contribution in [0.15, 0.2) is 29.2 Å². The number of rotatable bonds is 5. The van der Waals surface area contributed by atoms with Crippen LogP contribution >= 0.6 is 0 Å². The molecule has 1 rings (SSSR count). The second kappa shape index (κ2) is 5.48. The van der Waals surface area contributed by atoms with Gasteiger partial charge in [-0.1, -0.05) is 0 Å². The lowest BCUT2D eigenvalue weighted by molar-refractivity contribution is 0.281. The Morgan fingerprint density at radius 3 is 2.24 bits per heavy atom. The molecule has 6 heteroatoms. The summed E-state index contributed by atoms with van der Waals surface area (Å²) in [4.78, 5) is 0.254. The molecule has 0 amide bonds. The van der Waals surface area contributed by atoms with Crippen molar-refractivity contribution in [1.82, 2.24) is 4.31 Å². The number of hydrogen-bond acceptors (Lipinski definition) is 4. The lowest BCUT2D eigenvalue weighted by Gasteiger charge is -2.14. The van der Waals surface area contributed by atoms with Gasteiger partial charge in [0.1, 0.15) is 0 Å². The molecule has 0 radical (unpaired) electrons. The molecule has 1 aromatic carbocycles. The van der Waals surface area contributed by atoms with Gasteiger partial charge in [-0.05, 0) is 31.2 Å². The molecular weight excluding hydrogens is 240 g/mol. The summed E-state index contributed by atoms with van der Waals surface area (Å²) < 4.78 is 24.7. The van der Waals surface area contributed by atoms with E-state index in [0.717, 1.165) is 5.69 Å². The molecule has 0 aromatic heterocycles. The highest BCUT2D eigenvalue weighted by molar-refractivity contribution is 7.89. The van der Waals surface area contributed by atoms with Gasteiger partial charge in [0, 0.05) is 25.8 Å². The summed E-state index contributed by atoms with van der Waals surface area (Å²) in [5.41, 5.74) is 0.782. The lowest BCUT2D eigenvalue weighted by atomic mass is 10.3. The second-order valence-electron chi connectivity index (χ2n) is 4.04. The maximum Gasteiger partial charge on any atom is 0.242 e. The van der Waals surface area contributed by atoms with E-state index in [0.29, 0.717) is 0 Å². The summed E-state index contributed by atoms with van der Waals surface area (Å²) >= 11 is 0. The van der Waals surface area contributed by atoms with Crippen LogP contribution in [-0.2, 0) is 10.0 Å². The molecule has 1 unspecified atom stereocenters. The summed E-state index contributed by atoms with van der Waals surface area (Å²) in [6.07, 6.45) is 0. The third kappa shape index (κ3) is 3.42. The largest absolute Gasteiger partial charge is 0.394 e. The summed E-state index contributed by atoms with van der Waals surface area (Å²) in [7, 11) is -0.381. The SMILES string of the molecule is CC(CO)Nc1ccc(S(=O)(=O)N(C)C)cc1. The van der Waals surface area contributed by atoms with Crippen molar-refractivity contribution in [2.45, 2.75) is 17.9 Å². The molecule has 2 N–H and O–H groups in total. The van der Waals surface area contributed by atoms with Gasteiger partial charge >= 0.3 is 0 Å². The Bertz CT molecular complexity index is 454. The van der Waals surface area contributed by atoms with Crippen LogP contribution in [0, 0.1) is 0 Å². The fourth-order valence-corrected chi connectivity index (χ4v) is 2.17. The molecule has 0 saturated carbocycles. The third-order valence-corrected chi connectivity index (χ3v) is 4.15. The Kier molecular flexibility index (Phi) is 4.50. The van der Waals surface area contributed by atoms with E-state index >= 15 is 0 Å². The van der Waals surface area contributed by atoms with E-state index in [1.54, 1.807) is 24.3 Å². The first-order valence-electron chi connectivity index (χ1n) is 5.28. The zero-order valence-corrected chi connectivity index (χ0v) is 11.0. The molecule has 1 atom stereocenters. The maximum absolute atomic E-state index is 11.8. The summed E-state index contributed by atoms with van der Waals surface area (Å²) in [6, 6.07) is 6.39. The minimum Gasteiger partial charge on any atom is -0.394 e. The topological polar surface area (TPSA) is 69.6 Å². The minimum atomic E-state index is -3.37. The average Bonchev–Trinajstić information content (AvgIpc) is 2.29. The van der Waals surface area contributed by atoms with Gasteiger partial charge in [-0.2, -0.15) is 0 Å². The van der Waals surface area contributed by atoms with Crippen molar-refractivity contribution in [1.29, 1.82) is 0 Å². The molecule has 0 aliphatic rings. The Balaban J connectivity index is 2.89. The Labute approximate surface area is 102 Å². The van der Waals surface area contributed by atoms with E-state index in [1.807, 2.05) is 6.92 Å². The van der Waals surface area contributed by atoms with E-state index in [2.05, 4.69) is 5.32 Å². The van der Waals surface area contributed by atoms with Crippen LogP contribution in [0.5, 0.6) is 0 Å². The lowest BCUT2D eigenvalue weighted by Crippen LogP contribution is -2.22. The number of nitrogens with zero attached hydrogens (tertiary/aromatic N) is 1. The zero-order chi connectivity index (χ0) is 13.1. The highest BCUT2D eigenvalue weighted by Gasteiger charge is 2.16. The predicted molar refractivity (Wildman–Crippen MR) is 67.5 cm³/mol. The first kappa shape index (κ1) is 14.0. The van der Waals surface area contributed by atoms with Crippen LogP contribution < -0.4 is 5.32 Å². The molecule has 96 valence electrons. The highest BCUT2D eigenvalue weighted by Crippen LogP contribution is 2.16. The van der Waals surface area contributed by atoms with Crippen molar-refractivity contribution in [3.8, 4) is 0 Å². The number of benzene rings is 1. The Hall–Kier alpha value is -1.11. The van der Waals surface area contributed by atoms with Gasteiger partial charge in [-0.3, -0.25) is 0 Å². The van der Waals surface area contributed by atoms with Crippen molar-refractivity contribution < 1.29 is 13.5 Å². The molecule has 0 fully saturated rings. The Morgan fingerprint density at radius 1 is 1.29 bits per heavy atom. The Morgan fingerprint density at radius 2 is 1.82 bits per heavy atom. The van der Waals surface area contributed by atoms with Gasteiger partial charge in [0.15, 0.2) is 0 Å². The summed E-state index contributed by atoms with van der Waals surface area (Å²) in [5.74, 6) is 0. The van der Waals surface area contributed by atoms with Gasteiger partial charge in [-0.25, -0.2) is 12.7 Å². The summed E-state index contributed by atoms with van der Waals surface area (Å²) in [6.45, 7) is 1.86. The highest BCUT2D eigenvalue weighted by atomic mass is 32.2. The number of aliphatic hydroxyl groups is 1. The van der Waals surface area contributed by atoms with Crippen LogP contribution in [-0.4, -0.2) is 44.6 Å². The van der Waals surface area contributed by atoms with Crippen molar-refractivity contribution in [2.75, 3.05) is 26.0 Å². The molecule has 0 bridgehead atoms. The normalized spacial score (nSPS) is 13.7. The van der Waals surface area contributed by atoms with Crippen LogP contribution in [0.1, 0.15) is 6.92 Å². The van der Waals surface area contributed by atoms with Gasteiger partial charge in [-0.15, -0.1) is 0 Å². The monoisotopic (exact) mass is 258 g/mol. The first-order valence-corrected chi connectivity index (χ1v) is 6.72. The number of sulfonamides is 1. The van der Waals surface area contributed by atoms with E-state index in [1.165, 1.54) is 18.4 Å². The second-order valence-corrected chi connectivity index (χ2v) is 6.19. The third-order valence-electron chi connectivity index (χ3n) is 2.32. The summed E-state index contributed by atoms with van der Waals surface area (Å²) in [5, 5.41) is 11.9. The molecule has 0 spiro atoms. The molecule has 0 heterocycles.